The third-order valence-electron chi connectivity index (χ3n) is 3.94. The van der Waals surface area contributed by atoms with Gasteiger partial charge in [-0.2, -0.15) is 5.10 Å². The molecule has 1 fully saturated rings. The van der Waals surface area contributed by atoms with Crippen molar-refractivity contribution in [3.8, 4) is 11.3 Å². The average molecular weight is 270 g/mol. The summed E-state index contributed by atoms with van der Waals surface area (Å²) >= 11 is 0. The van der Waals surface area contributed by atoms with Gasteiger partial charge in [-0.25, -0.2) is 0 Å². The van der Waals surface area contributed by atoms with Gasteiger partial charge in [-0.15, -0.1) is 0 Å². The number of hydrogen-bond donors (Lipinski definition) is 3. The molecular formula is C16H22N4. The first kappa shape index (κ1) is 13.2. The van der Waals surface area contributed by atoms with E-state index in [-0.39, 0.29) is 0 Å². The number of nitrogens with one attached hydrogen (secondary N) is 3. The standard InChI is InChI=1S/C16H22N4/c1-10-6-11(2)16(12(3)7-10)14-8-15(20-19-14)18-13-4-5-17-9-13/h6-8,13,17H,4-5,9H2,1-3H3,(H2,18,19,20). The first-order chi connectivity index (χ1) is 9.63. The molecule has 3 N–H and O–H groups in total. The summed E-state index contributed by atoms with van der Waals surface area (Å²) in [5.74, 6) is 0.938. The van der Waals surface area contributed by atoms with Crippen molar-refractivity contribution in [2.24, 2.45) is 0 Å². The molecule has 0 bridgehead atoms. The van der Waals surface area contributed by atoms with Crippen molar-refractivity contribution < 1.29 is 0 Å². The molecule has 0 radical (unpaired) electrons. The number of rotatable bonds is 3. The van der Waals surface area contributed by atoms with E-state index in [1.54, 1.807) is 0 Å². The van der Waals surface area contributed by atoms with Crippen LogP contribution in [0.2, 0.25) is 0 Å². The Morgan fingerprint density at radius 3 is 2.55 bits per heavy atom. The predicted octanol–water partition coefficient (Wildman–Crippen LogP) is 2.78. The number of hydrogen-bond acceptors (Lipinski definition) is 3. The van der Waals surface area contributed by atoms with Crippen LogP contribution < -0.4 is 10.6 Å². The van der Waals surface area contributed by atoms with E-state index >= 15 is 0 Å². The highest BCUT2D eigenvalue weighted by Crippen LogP contribution is 2.28. The number of benzene rings is 1. The molecule has 0 spiro atoms. The first-order valence-electron chi connectivity index (χ1n) is 7.24. The number of aromatic nitrogens is 2. The minimum Gasteiger partial charge on any atom is -0.365 e. The lowest BCUT2D eigenvalue weighted by Crippen LogP contribution is -2.22. The van der Waals surface area contributed by atoms with Gasteiger partial charge in [0.1, 0.15) is 5.82 Å². The first-order valence-corrected chi connectivity index (χ1v) is 7.24. The highest BCUT2D eigenvalue weighted by molar-refractivity contribution is 5.70. The maximum Gasteiger partial charge on any atom is 0.148 e. The second-order valence-corrected chi connectivity index (χ2v) is 5.77. The summed E-state index contributed by atoms with van der Waals surface area (Å²) < 4.78 is 0. The Morgan fingerprint density at radius 1 is 1.15 bits per heavy atom. The summed E-state index contributed by atoms with van der Waals surface area (Å²) in [5.41, 5.74) is 6.24. The van der Waals surface area contributed by atoms with Gasteiger partial charge < -0.3 is 10.6 Å². The van der Waals surface area contributed by atoms with Gasteiger partial charge in [0.15, 0.2) is 0 Å². The molecular weight excluding hydrogens is 248 g/mol. The zero-order valence-electron chi connectivity index (χ0n) is 12.4. The summed E-state index contributed by atoms with van der Waals surface area (Å²) in [6.45, 7) is 8.56. The average Bonchev–Trinajstić information content (AvgIpc) is 3.00. The van der Waals surface area contributed by atoms with Crippen LogP contribution >= 0.6 is 0 Å². The lowest BCUT2D eigenvalue weighted by Gasteiger charge is -2.10. The van der Waals surface area contributed by atoms with Gasteiger partial charge in [0.2, 0.25) is 0 Å². The third kappa shape index (κ3) is 2.56. The molecule has 1 saturated heterocycles. The zero-order valence-corrected chi connectivity index (χ0v) is 12.4. The van der Waals surface area contributed by atoms with Crippen LogP contribution in [0.1, 0.15) is 23.1 Å². The fraction of sp³-hybridized carbons (Fsp3) is 0.438. The molecule has 1 aliphatic rings. The van der Waals surface area contributed by atoms with Gasteiger partial charge in [-0.1, -0.05) is 17.7 Å². The van der Waals surface area contributed by atoms with E-state index in [9.17, 15) is 0 Å². The van der Waals surface area contributed by atoms with E-state index < -0.39 is 0 Å². The maximum absolute atomic E-state index is 4.40. The molecule has 1 aromatic carbocycles. The smallest absolute Gasteiger partial charge is 0.148 e. The molecule has 1 aliphatic heterocycles. The Bertz CT molecular complexity index is 586. The maximum atomic E-state index is 4.40. The van der Waals surface area contributed by atoms with Crippen molar-refractivity contribution in [2.75, 3.05) is 18.4 Å². The fourth-order valence-electron chi connectivity index (χ4n) is 3.12. The molecule has 0 aliphatic carbocycles. The molecule has 4 heteroatoms. The summed E-state index contributed by atoms with van der Waals surface area (Å²) in [4.78, 5) is 0. The van der Waals surface area contributed by atoms with Crippen molar-refractivity contribution in [1.82, 2.24) is 15.5 Å². The molecule has 3 rings (SSSR count). The molecule has 2 aromatic rings. The van der Waals surface area contributed by atoms with E-state index in [1.165, 1.54) is 22.3 Å². The molecule has 0 amide bonds. The topological polar surface area (TPSA) is 52.7 Å². The summed E-state index contributed by atoms with van der Waals surface area (Å²) in [5, 5.41) is 14.4. The second-order valence-electron chi connectivity index (χ2n) is 5.77. The van der Waals surface area contributed by atoms with Crippen LogP contribution in [0, 0.1) is 20.8 Å². The summed E-state index contributed by atoms with van der Waals surface area (Å²) in [7, 11) is 0. The number of nitrogens with zero attached hydrogens (tertiary/aromatic N) is 1. The highest BCUT2D eigenvalue weighted by atomic mass is 15.2. The largest absolute Gasteiger partial charge is 0.365 e. The Hall–Kier alpha value is -1.81. The highest BCUT2D eigenvalue weighted by Gasteiger charge is 2.16. The van der Waals surface area contributed by atoms with E-state index in [2.05, 4.69) is 59.8 Å². The molecule has 20 heavy (non-hydrogen) atoms. The molecule has 4 nitrogen and oxygen atoms in total. The molecule has 1 unspecified atom stereocenters. The SMILES string of the molecule is Cc1cc(C)c(-c2cc(NC3CCNC3)n[nH]2)c(C)c1. The summed E-state index contributed by atoms with van der Waals surface area (Å²) in [6, 6.07) is 7.04. The van der Waals surface area contributed by atoms with Crippen LogP contribution in [0.4, 0.5) is 5.82 Å². The van der Waals surface area contributed by atoms with Crippen molar-refractivity contribution >= 4 is 5.82 Å². The molecule has 1 aromatic heterocycles. The van der Waals surface area contributed by atoms with E-state index in [4.69, 9.17) is 0 Å². The Kier molecular flexibility index (Phi) is 3.49. The van der Waals surface area contributed by atoms with Gasteiger partial charge in [0.05, 0.1) is 5.69 Å². The number of H-pyrrole nitrogens is 1. The Labute approximate surface area is 120 Å². The molecule has 106 valence electrons. The predicted molar refractivity (Wildman–Crippen MR) is 83.1 cm³/mol. The fourth-order valence-corrected chi connectivity index (χ4v) is 3.12. The van der Waals surface area contributed by atoms with Crippen LogP contribution in [0.5, 0.6) is 0 Å². The van der Waals surface area contributed by atoms with Crippen LogP contribution in [-0.2, 0) is 0 Å². The van der Waals surface area contributed by atoms with Crippen LogP contribution in [-0.4, -0.2) is 29.3 Å². The van der Waals surface area contributed by atoms with Crippen molar-refractivity contribution in [1.29, 1.82) is 0 Å². The quantitative estimate of drug-likeness (QED) is 0.804. The van der Waals surface area contributed by atoms with Crippen LogP contribution in [0.15, 0.2) is 18.2 Å². The molecule has 2 heterocycles. The normalized spacial score (nSPS) is 18.4. The number of anilines is 1. The Balaban J connectivity index is 1.86. The Morgan fingerprint density at radius 2 is 1.90 bits per heavy atom. The number of aromatic amines is 1. The van der Waals surface area contributed by atoms with Crippen LogP contribution in [0.25, 0.3) is 11.3 Å². The van der Waals surface area contributed by atoms with E-state index in [1.807, 2.05) is 0 Å². The third-order valence-corrected chi connectivity index (χ3v) is 3.94. The van der Waals surface area contributed by atoms with Crippen molar-refractivity contribution in [3.05, 3.63) is 34.9 Å². The monoisotopic (exact) mass is 270 g/mol. The van der Waals surface area contributed by atoms with Crippen molar-refractivity contribution in [3.63, 3.8) is 0 Å². The molecule has 0 saturated carbocycles. The van der Waals surface area contributed by atoms with Crippen molar-refractivity contribution in [2.45, 2.75) is 33.2 Å². The van der Waals surface area contributed by atoms with Gasteiger partial charge in [0, 0.05) is 24.2 Å². The lowest BCUT2D eigenvalue weighted by molar-refractivity contribution is 0.786. The minimum atomic E-state index is 0.492. The minimum absolute atomic E-state index is 0.492. The van der Waals surface area contributed by atoms with Crippen LogP contribution in [0.3, 0.4) is 0 Å². The van der Waals surface area contributed by atoms with E-state index in [0.717, 1.165) is 31.0 Å². The number of aryl methyl sites for hydroxylation is 3. The van der Waals surface area contributed by atoms with Gasteiger partial charge >= 0.3 is 0 Å². The zero-order chi connectivity index (χ0) is 14.1. The second kappa shape index (κ2) is 5.29. The summed E-state index contributed by atoms with van der Waals surface area (Å²) in [6.07, 6.45) is 1.16. The molecule has 1 atom stereocenters. The van der Waals surface area contributed by atoms with Gasteiger partial charge in [-0.05, 0) is 44.9 Å². The van der Waals surface area contributed by atoms with Gasteiger partial charge in [-0.3, -0.25) is 5.10 Å². The lowest BCUT2D eigenvalue weighted by atomic mass is 9.97. The van der Waals surface area contributed by atoms with Gasteiger partial charge in [0.25, 0.3) is 0 Å². The van der Waals surface area contributed by atoms with E-state index in [0.29, 0.717) is 6.04 Å².